The van der Waals surface area contributed by atoms with Crippen LogP contribution in [0.1, 0.15) is 213 Å². The average Bonchev–Trinajstić information content (AvgIpc) is 3.29. The molecule has 0 rings (SSSR count). The Morgan fingerprint density at radius 2 is 0.714 bits per heavy atom. The molecule has 0 spiro atoms. The molecule has 0 fully saturated rings. The van der Waals surface area contributed by atoms with E-state index >= 15 is 0 Å². The van der Waals surface area contributed by atoms with E-state index in [0.29, 0.717) is 6.42 Å². The Balaban J connectivity index is 3.57. The van der Waals surface area contributed by atoms with E-state index in [2.05, 4.69) is 141 Å². The van der Waals surface area contributed by atoms with Crippen LogP contribution in [0.25, 0.3) is 0 Å². The summed E-state index contributed by atoms with van der Waals surface area (Å²) < 4.78 is 0. The van der Waals surface area contributed by atoms with Gasteiger partial charge in [-0.05, 0) is 103 Å². The van der Waals surface area contributed by atoms with Crippen LogP contribution in [-0.2, 0) is 4.79 Å². The molecule has 4 heteroatoms. The van der Waals surface area contributed by atoms with Gasteiger partial charge in [-0.1, -0.05) is 237 Å². The van der Waals surface area contributed by atoms with Crippen molar-refractivity contribution in [3.05, 3.63) is 134 Å². The molecule has 0 aliphatic carbocycles. The first kappa shape index (κ1) is 59.5. The molecule has 3 N–H and O–H groups in total. The van der Waals surface area contributed by atoms with E-state index in [1.54, 1.807) is 6.08 Å². The lowest BCUT2D eigenvalue weighted by atomic mass is 10.0. The molecule has 2 atom stereocenters. The topological polar surface area (TPSA) is 69.6 Å². The highest BCUT2D eigenvalue weighted by Crippen LogP contribution is 2.14. The second kappa shape index (κ2) is 52.9. The maximum Gasteiger partial charge on any atom is 0.220 e. The van der Waals surface area contributed by atoms with Crippen LogP contribution in [0.3, 0.4) is 0 Å². The lowest BCUT2D eigenvalue weighted by molar-refractivity contribution is -0.123. The van der Waals surface area contributed by atoms with Crippen molar-refractivity contribution >= 4 is 5.91 Å². The highest BCUT2D eigenvalue weighted by molar-refractivity contribution is 5.76. The van der Waals surface area contributed by atoms with E-state index in [9.17, 15) is 15.0 Å². The third kappa shape index (κ3) is 49.4. The number of nitrogens with one attached hydrogen (secondary N) is 1. The second-order valence-corrected chi connectivity index (χ2v) is 16.8. The summed E-state index contributed by atoms with van der Waals surface area (Å²) in [5, 5.41) is 22.9. The van der Waals surface area contributed by atoms with Crippen molar-refractivity contribution in [2.24, 2.45) is 0 Å². The maximum absolute atomic E-state index is 12.4. The van der Waals surface area contributed by atoms with E-state index < -0.39 is 12.1 Å². The van der Waals surface area contributed by atoms with Crippen molar-refractivity contribution in [3.63, 3.8) is 0 Å². The molecule has 63 heavy (non-hydrogen) atoms. The van der Waals surface area contributed by atoms with Crippen LogP contribution in [0.4, 0.5) is 0 Å². The lowest BCUT2D eigenvalue weighted by Crippen LogP contribution is -2.45. The van der Waals surface area contributed by atoms with E-state index in [0.717, 1.165) is 89.9 Å². The van der Waals surface area contributed by atoms with Gasteiger partial charge in [0, 0.05) is 6.42 Å². The summed E-state index contributed by atoms with van der Waals surface area (Å²) in [6, 6.07) is -0.645. The minimum atomic E-state index is -0.867. The van der Waals surface area contributed by atoms with Gasteiger partial charge in [-0.3, -0.25) is 4.79 Å². The van der Waals surface area contributed by atoms with Gasteiger partial charge in [-0.2, -0.15) is 0 Å². The zero-order chi connectivity index (χ0) is 45.6. The molecule has 0 saturated carbocycles. The minimum Gasteiger partial charge on any atom is -0.394 e. The number of allylic oxidation sites excluding steroid dienone is 21. The molecule has 0 radical (unpaired) electrons. The van der Waals surface area contributed by atoms with Crippen LogP contribution in [0.15, 0.2) is 134 Å². The Morgan fingerprint density at radius 1 is 0.397 bits per heavy atom. The first-order chi connectivity index (χ1) is 31.2. The predicted molar refractivity (Wildman–Crippen MR) is 280 cm³/mol. The highest BCUT2D eigenvalue weighted by Gasteiger charge is 2.17. The van der Waals surface area contributed by atoms with E-state index in [4.69, 9.17) is 0 Å². The van der Waals surface area contributed by atoms with Gasteiger partial charge in [0.25, 0.3) is 0 Å². The zero-order valence-electron chi connectivity index (χ0n) is 40.8. The van der Waals surface area contributed by atoms with Crippen LogP contribution in [0, 0.1) is 0 Å². The summed E-state index contributed by atoms with van der Waals surface area (Å²) in [5.41, 5.74) is 0. The maximum atomic E-state index is 12.4. The van der Waals surface area contributed by atoms with Gasteiger partial charge in [0.05, 0.1) is 18.8 Å². The molecule has 0 aliphatic heterocycles. The first-order valence-corrected chi connectivity index (χ1v) is 25.9. The summed E-state index contributed by atoms with van der Waals surface area (Å²) in [6.07, 6.45) is 83.1. The van der Waals surface area contributed by atoms with Gasteiger partial charge in [0.1, 0.15) is 0 Å². The van der Waals surface area contributed by atoms with Crippen LogP contribution >= 0.6 is 0 Å². The van der Waals surface area contributed by atoms with Gasteiger partial charge in [0.15, 0.2) is 0 Å². The quantitative estimate of drug-likeness (QED) is 0.0422. The molecule has 0 aromatic rings. The van der Waals surface area contributed by atoms with Crippen molar-refractivity contribution in [1.29, 1.82) is 0 Å². The number of unbranched alkanes of at least 4 members (excludes halogenated alkanes) is 18. The predicted octanol–water partition coefficient (Wildman–Crippen LogP) is 17.1. The number of hydrogen-bond acceptors (Lipinski definition) is 3. The Labute approximate surface area is 390 Å². The number of carbonyl (C=O) groups excluding carboxylic acids is 1. The largest absolute Gasteiger partial charge is 0.394 e. The highest BCUT2D eigenvalue weighted by atomic mass is 16.3. The average molecular weight is 868 g/mol. The fourth-order valence-corrected chi connectivity index (χ4v) is 6.95. The summed E-state index contributed by atoms with van der Waals surface area (Å²) in [5.74, 6) is -0.0832. The third-order valence-corrected chi connectivity index (χ3v) is 10.9. The summed E-state index contributed by atoms with van der Waals surface area (Å²) >= 11 is 0. The third-order valence-electron chi connectivity index (χ3n) is 10.9. The Bertz CT molecular complexity index is 1310. The fourth-order valence-electron chi connectivity index (χ4n) is 6.95. The normalized spacial score (nSPS) is 14.0. The van der Waals surface area contributed by atoms with Crippen LogP contribution in [0.2, 0.25) is 0 Å². The number of aliphatic hydroxyl groups is 2. The van der Waals surface area contributed by atoms with Gasteiger partial charge in [0.2, 0.25) is 5.91 Å². The minimum absolute atomic E-state index is 0.0832. The van der Waals surface area contributed by atoms with Crippen LogP contribution in [-0.4, -0.2) is 34.9 Å². The molecule has 1 amide bonds. The standard InChI is InChI=1S/C59H97NO3/c1-3-5-7-9-11-13-15-16-17-18-19-20-21-22-23-24-25-26-27-28-29-30-31-32-33-34-35-36-37-38-39-40-41-42-43-44-45-47-49-51-53-55-59(63)60-57(56-61)58(62)54-52-50-48-46-14-12-10-8-6-4-2/h5,7,11,13-14,16-17,19-20,22-23,25-26,28-29,31-32,34-35,46,52,54,57-58,61-62H,3-4,6,8-10,12,15,18,21,24,27,30,33,36-45,47-51,53,55-56H2,1-2H3,(H,60,63)/b7-5-,13-11-,17-16-,20-19-,23-22-,26-25-,29-28-,32-31-,35-34-,46-14+,54-52+. The van der Waals surface area contributed by atoms with Gasteiger partial charge < -0.3 is 15.5 Å². The summed E-state index contributed by atoms with van der Waals surface area (Å²) in [7, 11) is 0. The molecule has 0 heterocycles. The summed E-state index contributed by atoms with van der Waals surface area (Å²) in [4.78, 5) is 12.4. The molecule has 0 saturated heterocycles. The fraction of sp³-hybridized carbons (Fsp3) is 0.610. The second-order valence-electron chi connectivity index (χ2n) is 16.8. The zero-order valence-corrected chi connectivity index (χ0v) is 40.8. The molecule has 356 valence electrons. The number of aliphatic hydroxyl groups excluding tert-OH is 2. The Kier molecular flexibility index (Phi) is 50.0. The van der Waals surface area contributed by atoms with Crippen LogP contribution in [0.5, 0.6) is 0 Å². The van der Waals surface area contributed by atoms with E-state index in [-0.39, 0.29) is 12.5 Å². The van der Waals surface area contributed by atoms with E-state index in [1.807, 2.05) is 6.08 Å². The number of carbonyl (C=O) groups is 1. The molecule has 0 aromatic heterocycles. The smallest absolute Gasteiger partial charge is 0.220 e. The lowest BCUT2D eigenvalue weighted by Gasteiger charge is -2.19. The molecule has 0 bridgehead atoms. The molecule has 0 aliphatic rings. The summed E-state index contributed by atoms with van der Waals surface area (Å²) in [6.45, 7) is 4.13. The van der Waals surface area contributed by atoms with Crippen molar-refractivity contribution in [1.82, 2.24) is 5.32 Å². The number of hydrogen-bond donors (Lipinski definition) is 3. The Morgan fingerprint density at radius 3 is 1.11 bits per heavy atom. The molecule has 4 nitrogen and oxygen atoms in total. The molecular formula is C59H97NO3. The van der Waals surface area contributed by atoms with E-state index in [1.165, 1.54) is 103 Å². The molecule has 0 aromatic carbocycles. The van der Waals surface area contributed by atoms with Crippen molar-refractivity contribution in [2.75, 3.05) is 6.61 Å². The first-order valence-electron chi connectivity index (χ1n) is 25.9. The monoisotopic (exact) mass is 868 g/mol. The Hall–Kier alpha value is -3.47. The van der Waals surface area contributed by atoms with Crippen molar-refractivity contribution < 1.29 is 15.0 Å². The molecular weight excluding hydrogens is 771 g/mol. The van der Waals surface area contributed by atoms with Crippen molar-refractivity contribution in [3.8, 4) is 0 Å². The van der Waals surface area contributed by atoms with Gasteiger partial charge in [-0.15, -0.1) is 0 Å². The van der Waals surface area contributed by atoms with Crippen molar-refractivity contribution in [2.45, 2.75) is 225 Å². The molecule has 2 unspecified atom stereocenters. The number of amides is 1. The SMILES string of the molecule is CC/C=C\C/C=C\C/C=C\C/C=C\C/C=C\C/C=C\C/C=C\C/C=C\C/C=C\CCCCCCCCCCCCCCCC(=O)NC(CO)C(O)/C=C/CC/C=C/CCCCCC. The van der Waals surface area contributed by atoms with Crippen LogP contribution < -0.4 is 5.32 Å². The van der Waals surface area contributed by atoms with Gasteiger partial charge >= 0.3 is 0 Å². The van der Waals surface area contributed by atoms with Gasteiger partial charge in [-0.25, -0.2) is 0 Å². The number of rotatable bonds is 45.